The van der Waals surface area contributed by atoms with Crippen LogP contribution in [-0.2, 0) is 33.1 Å². The minimum absolute atomic E-state index is 0.0744. The van der Waals surface area contributed by atoms with E-state index in [9.17, 15) is 19.5 Å². The second-order valence-corrected chi connectivity index (χ2v) is 8.22. The summed E-state index contributed by atoms with van der Waals surface area (Å²) in [6, 6.07) is 9.18. The number of fused-ring (bicyclic) bond motifs is 5. The molecule has 0 aliphatic carbocycles. The van der Waals surface area contributed by atoms with Gasteiger partial charge in [-0.25, -0.2) is 9.78 Å². The van der Waals surface area contributed by atoms with Crippen molar-refractivity contribution in [3.8, 4) is 23.2 Å². The fourth-order valence-electron chi connectivity index (χ4n) is 4.52. The number of cyclic esters (lactones) is 1. The summed E-state index contributed by atoms with van der Waals surface area (Å²) in [6.07, 6.45) is 0.0744. The number of carbonyl (C=O) groups is 2. The van der Waals surface area contributed by atoms with Crippen LogP contribution in [0.25, 0.3) is 22.3 Å². The third-order valence-corrected chi connectivity index (χ3v) is 6.37. The predicted molar refractivity (Wildman–Crippen MR) is 123 cm³/mol. The van der Waals surface area contributed by atoms with Crippen LogP contribution >= 0.6 is 0 Å². The average Bonchev–Trinajstić information content (AvgIpc) is 3.22. The fraction of sp³-hybridized carbons (Fsp3) is 0.280. The van der Waals surface area contributed by atoms with Crippen molar-refractivity contribution < 1.29 is 19.4 Å². The summed E-state index contributed by atoms with van der Waals surface area (Å²) in [7, 11) is 0. The fourth-order valence-corrected chi connectivity index (χ4v) is 4.52. The molecule has 9 heteroatoms. The lowest BCUT2D eigenvalue weighted by atomic mass is 9.86. The van der Waals surface area contributed by atoms with E-state index in [4.69, 9.17) is 15.5 Å². The lowest BCUT2D eigenvalue weighted by Gasteiger charge is -2.31. The summed E-state index contributed by atoms with van der Waals surface area (Å²) in [6.45, 7) is 1.74. The van der Waals surface area contributed by atoms with Gasteiger partial charge in [-0.3, -0.25) is 9.59 Å². The number of hydrogen-bond donors (Lipinski definition) is 3. The first kappa shape index (κ1) is 21.8. The number of nitrogens with one attached hydrogen (secondary N) is 1. The first-order valence-electron chi connectivity index (χ1n) is 10.9. The highest BCUT2D eigenvalue weighted by Crippen LogP contribution is 2.39. The summed E-state index contributed by atoms with van der Waals surface area (Å²) in [5, 5.41) is 14.5. The van der Waals surface area contributed by atoms with Gasteiger partial charge >= 0.3 is 5.97 Å². The molecule has 1 atom stereocenters. The molecule has 0 radical (unpaired) electrons. The Kier molecular flexibility index (Phi) is 5.20. The Balaban J connectivity index is 1.71. The summed E-state index contributed by atoms with van der Waals surface area (Å²) in [5.41, 5.74) is 6.90. The molecular weight excluding hydrogens is 436 g/mol. The number of rotatable bonds is 3. The zero-order valence-electron chi connectivity index (χ0n) is 18.5. The number of ether oxygens (including phenoxy) is 1. The highest BCUT2D eigenvalue weighted by molar-refractivity contribution is 5.91. The van der Waals surface area contributed by atoms with Gasteiger partial charge in [-0.05, 0) is 18.6 Å². The molecule has 1 amide bonds. The minimum atomic E-state index is -1.88. The summed E-state index contributed by atoms with van der Waals surface area (Å²) < 4.78 is 6.70. The topological polar surface area (TPSA) is 137 Å². The monoisotopic (exact) mass is 458 g/mol. The van der Waals surface area contributed by atoms with Gasteiger partial charge < -0.3 is 25.5 Å². The van der Waals surface area contributed by atoms with Crippen LogP contribution in [0.1, 0.15) is 35.6 Å². The Morgan fingerprint density at radius 2 is 2.12 bits per heavy atom. The molecule has 9 nitrogen and oxygen atoms in total. The summed E-state index contributed by atoms with van der Waals surface area (Å²) in [4.78, 5) is 42.0. The molecule has 0 saturated carbocycles. The molecule has 0 saturated heterocycles. The second kappa shape index (κ2) is 8.09. The highest BCUT2D eigenvalue weighted by atomic mass is 16.6. The van der Waals surface area contributed by atoms with Crippen molar-refractivity contribution in [3.05, 3.63) is 62.9 Å². The van der Waals surface area contributed by atoms with Crippen LogP contribution in [0.3, 0.4) is 0 Å². The number of aromatic nitrogens is 2. The number of nitrogens with zero attached hydrogens (tertiary/aromatic N) is 2. The van der Waals surface area contributed by atoms with E-state index in [2.05, 4.69) is 17.2 Å². The molecule has 0 fully saturated rings. The Bertz CT molecular complexity index is 1500. The molecule has 0 unspecified atom stereocenters. The van der Waals surface area contributed by atoms with E-state index in [1.54, 1.807) is 17.6 Å². The molecule has 172 valence electrons. The summed E-state index contributed by atoms with van der Waals surface area (Å²) >= 11 is 0. The number of amides is 1. The molecule has 3 aromatic rings. The molecule has 4 N–H and O–H groups in total. The van der Waals surface area contributed by atoms with Crippen LogP contribution < -0.4 is 16.6 Å². The maximum absolute atomic E-state index is 13.4. The molecule has 2 aliphatic rings. The second-order valence-electron chi connectivity index (χ2n) is 8.22. The van der Waals surface area contributed by atoms with Crippen molar-refractivity contribution in [2.45, 2.75) is 32.1 Å². The summed E-state index contributed by atoms with van der Waals surface area (Å²) in [5.74, 6) is 5.03. The largest absolute Gasteiger partial charge is 0.458 e. The number of para-hydroxylation sites is 1. The van der Waals surface area contributed by atoms with E-state index in [1.807, 2.05) is 24.3 Å². The maximum Gasteiger partial charge on any atom is 0.343 e. The molecular formula is C25H22N4O5. The van der Waals surface area contributed by atoms with E-state index >= 15 is 0 Å². The van der Waals surface area contributed by atoms with Crippen molar-refractivity contribution in [1.29, 1.82) is 0 Å². The zero-order valence-corrected chi connectivity index (χ0v) is 18.5. The number of aliphatic hydroxyl groups is 1. The third-order valence-electron chi connectivity index (χ3n) is 6.37. The van der Waals surface area contributed by atoms with Crippen molar-refractivity contribution in [2.24, 2.45) is 5.73 Å². The average molecular weight is 458 g/mol. The maximum atomic E-state index is 13.4. The van der Waals surface area contributed by atoms with Gasteiger partial charge in [0.2, 0.25) is 5.91 Å². The van der Waals surface area contributed by atoms with Gasteiger partial charge in [0.1, 0.15) is 6.61 Å². The van der Waals surface area contributed by atoms with E-state index < -0.39 is 11.6 Å². The Morgan fingerprint density at radius 3 is 2.88 bits per heavy atom. The van der Waals surface area contributed by atoms with Gasteiger partial charge in [-0.2, -0.15) is 0 Å². The van der Waals surface area contributed by atoms with Crippen LogP contribution in [0.15, 0.2) is 35.1 Å². The van der Waals surface area contributed by atoms with Crippen LogP contribution in [0.5, 0.6) is 0 Å². The van der Waals surface area contributed by atoms with Gasteiger partial charge in [-0.15, -0.1) is 0 Å². The van der Waals surface area contributed by atoms with Gasteiger partial charge in [-0.1, -0.05) is 37.0 Å². The lowest BCUT2D eigenvalue weighted by Crippen LogP contribution is -2.44. The molecule has 4 heterocycles. The quantitative estimate of drug-likeness (QED) is 0.300. The standard InChI is InChI=1S/C25H22N4O5/c1-2-25(33)18-10-20-22-16(12-29(20)23(31)17(18)13-34-24(25)32)14(7-5-9-27-21(30)11-26)15-6-3-4-8-19(15)28-22/h3-4,6,8,10,33H,2,9,11-13,26H2,1H3,(H,27,30)/t25-/m0/s1. The van der Waals surface area contributed by atoms with Gasteiger partial charge in [0.15, 0.2) is 5.60 Å². The van der Waals surface area contributed by atoms with E-state index in [0.29, 0.717) is 22.5 Å². The van der Waals surface area contributed by atoms with Crippen molar-refractivity contribution in [1.82, 2.24) is 14.9 Å². The lowest BCUT2D eigenvalue weighted by molar-refractivity contribution is -0.172. The van der Waals surface area contributed by atoms with E-state index in [0.717, 1.165) is 10.9 Å². The molecule has 2 aliphatic heterocycles. The highest BCUT2D eigenvalue weighted by Gasteiger charge is 2.45. The number of nitrogens with two attached hydrogens (primary N) is 1. The smallest absolute Gasteiger partial charge is 0.343 e. The Hall–Kier alpha value is -4.00. The van der Waals surface area contributed by atoms with E-state index in [-0.39, 0.29) is 55.3 Å². The molecule has 0 spiro atoms. The number of carbonyl (C=O) groups excluding carboxylic acids is 2. The number of pyridine rings is 2. The van der Waals surface area contributed by atoms with Gasteiger partial charge in [0, 0.05) is 22.1 Å². The number of esters is 1. The Morgan fingerprint density at radius 1 is 1.32 bits per heavy atom. The van der Waals surface area contributed by atoms with Crippen LogP contribution in [0.2, 0.25) is 0 Å². The molecule has 1 aromatic carbocycles. The predicted octanol–water partition coefficient (Wildman–Crippen LogP) is 0.506. The third kappa shape index (κ3) is 3.19. The first-order chi connectivity index (χ1) is 16.4. The molecule has 2 aromatic heterocycles. The molecule has 0 bridgehead atoms. The Labute approximate surface area is 194 Å². The molecule has 34 heavy (non-hydrogen) atoms. The number of hydrogen-bond acceptors (Lipinski definition) is 7. The first-order valence-corrected chi connectivity index (χ1v) is 10.9. The van der Waals surface area contributed by atoms with Gasteiger partial charge in [0.25, 0.3) is 5.56 Å². The van der Waals surface area contributed by atoms with Crippen LogP contribution in [0, 0.1) is 11.8 Å². The molecule has 5 rings (SSSR count). The van der Waals surface area contributed by atoms with Crippen molar-refractivity contribution >= 4 is 22.8 Å². The minimum Gasteiger partial charge on any atom is -0.458 e. The number of benzene rings is 1. The van der Waals surface area contributed by atoms with Crippen LogP contribution in [0.4, 0.5) is 0 Å². The normalized spacial score (nSPS) is 17.8. The zero-order chi connectivity index (χ0) is 24.0. The van der Waals surface area contributed by atoms with Crippen molar-refractivity contribution in [3.63, 3.8) is 0 Å². The SMILES string of the molecule is CC[C@@]1(O)C(=O)OCc2c1cc1n(c2=O)Cc2c-1nc1ccccc1c2C#CCNC(=O)CN. The van der Waals surface area contributed by atoms with Gasteiger partial charge in [0.05, 0.1) is 42.1 Å². The van der Waals surface area contributed by atoms with Crippen LogP contribution in [-0.4, -0.2) is 39.6 Å². The van der Waals surface area contributed by atoms with E-state index in [1.165, 1.54) is 0 Å². The van der Waals surface area contributed by atoms with Crippen molar-refractivity contribution in [2.75, 3.05) is 13.1 Å².